The molecule has 60 heavy (non-hydrogen) atoms. The molecule has 9 aromatic rings. The quantitative estimate of drug-likeness (QED) is 0.163. The smallest absolute Gasteiger partial charge is 0.0716 e. The SMILES string of the molecule is C1=Cc2c(cccc2-c2ccc3ccc(-c4ccc5ccc(-c6ccc7cc(C8C=Cc9ccc%10c(c9N8)NC(c8ccccc8)C=C%10)ccc7c6)cc5n4)cc3n2)CN1. The fourth-order valence-corrected chi connectivity index (χ4v) is 9.10. The van der Waals surface area contributed by atoms with Crippen molar-refractivity contribution >= 4 is 62.2 Å². The average molecular weight is 770 g/mol. The third-order valence-corrected chi connectivity index (χ3v) is 12.3. The van der Waals surface area contributed by atoms with Crippen molar-refractivity contribution in [1.82, 2.24) is 15.3 Å². The van der Waals surface area contributed by atoms with Crippen LogP contribution in [0.1, 0.15) is 45.5 Å². The van der Waals surface area contributed by atoms with E-state index in [1.807, 2.05) is 6.20 Å². The molecule has 12 rings (SSSR count). The van der Waals surface area contributed by atoms with Gasteiger partial charge in [-0.15, -0.1) is 0 Å². The van der Waals surface area contributed by atoms with E-state index >= 15 is 0 Å². The lowest BCUT2D eigenvalue weighted by molar-refractivity contribution is 0.859. The number of benzene rings is 7. The highest BCUT2D eigenvalue weighted by molar-refractivity contribution is 5.94. The number of nitrogens with zero attached hydrogens (tertiary/aromatic N) is 2. The first-order valence-electron chi connectivity index (χ1n) is 20.7. The van der Waals surface area contributed by atoms with Gasteiger partial charge in [0.15, 0.2) is 0 Å². The van der Waals surface area contributed by atoms with Crippen LogP contribution in [0.5, 0.6) is 0 Å². The van der Waals surface area contributed by atoms with Gasteiger partial charge < -0.3 is 16.0 Å². The van der Waals surface area contributed by atoms with Crippen LogP contribution in [0.4, 0.5) is 11.4 Å². The van der Waals surface area contributed by atoms with Crippen molar-refractivity contribution in [3.63, 3.8) is 0 Å². The predicted octanol–water partition coefficient (Wildman–Crippen LogP) is 13.4. The molecule has 5 nitrogen and oxygen atoms in total. The normalized spacial score (nSPS) is 16.1. The fourth-order valence-electron chi connectivity index (χ4n) is 9.10. The van der Waals surface area contributed by atoms with Crippen molar-refractivity contribution in [2.24, 2.45) is 0 Å². The van der Waals surface area contributed by atoms with E-state index in [1.54, 1.807) is 0 Å². The van der Waals surface area contributed by atoms with Crippen molar-refractivity contribution in [3.05, 3.63) is 209 Å². The number of fused-ring (bicyclic) bond motifs is 7. The van der Waals surface area contributed by atoms with E-state index < -0.39 is 0 Å². The Hall–Kier alpha value is -7.76. The highest BCUT2D eigenvalue weighted by atomic mass is 15.0. The zero-order chi connectivity index (χ0) is 39.6. The van der Waals surface area contributed by atoms with Crippen LogP contribution in [0.3, 0.4) is 0 Å². The van der Waals surface area contributed by atoms with Crippen LogP contribution in [0.2, 0.25) is 0 Å². The van der Waals surface area contributed by atoms with Crippen LogP contribution in [-0.2, 0) is 6.54 Å². The van der Waals surface area contributed by atoms with E-state index in [4.69, 9.17) is 9.97 Å². The highest BCUT2D eigenvalue weighted by Gasteiger charge is 2.23. The molecular formula is C55H39N5. The Morgan fingerprint density at radius 1 is 0.450 bits per heavy atom. The van der Waals surface area contributed by atoms with Crippen LogP contribution in [0.15, 0.2) is 176 Å². The molecule has 284 valence electrons. The van der Waals surface area contributed by atoms with Gasteiger partial charge in [0.25, 0.3) is 0 Å². The van der Waals surface area contributed by atoms with Crippen molar-refractivity contribution in [3.8, 4) is 33.6 Å². The molecule has 2 aromatic heterocycles. The molecule has 0 saturated heterocycles. The van der Waals surface area contributed by atoms with Crippen LogP contribution in [0, 0.1) is 0 Å². The van der Waals surface area contributed by atoms with Gasteiger partial charge in [-0.05, 0) is 104 Å². The molecule has 0 bridgehead atoms. The Balaban J connectivity index is 0.815. The van der Waals surface area contributed by atoms with Gasteiger partial charge in [-0.2, -0.15) is 0 Å². The molecule has 0 saturated carbocycles. The number of aromatic nitrogens is 2. The second kappa shape index (κ2) is 14.0. The number of hydrogen-bond donors (Lipinski definition) is 3. The molecule has 2 atom stereocenters. The zero-order valence-electron chi connectivity index (χ0n) is 32.7. The molecule has 0 radical (unpaired) electrons. The molecule has 2 unspecified atom stereocenters. The molecule has 3 aliphatic rings. The van der Waals surface area contributed by atoms with E-state index in [9.17, 15) is 0 Å². The lowest BCUT2D eigenvalue weighted by Crippen LogP contribution is -2.18. The lowest BCUT2D eigenvalue weighted by atomic mass is 9.93. The summed E-state index contributed by atoms with van der Waals surface area (Å²) < 4.78 is 0. The van der Waals surface area contributed by atoms with E-state index in [2.05, 4.69) is 204 Å². The summed E-state index contributed by atoms with van der Waals surface area (Å²) in [4.78, 5) is 10.4. The Labute approximate surface area is 348 Å². The number of nitrogens with one attached hydrogen (secondary N) is 3. The second-order valence-corrected chi connectivity index (χ2v) is 16.0. The van der Waals surface area contributed by atoms with Gasteiger partial charge >= 0.3 is 0 Å². The molecule has 5 heterocycles. The molecule has 5 heteroatoms. The summed E-state index contributed by atoms with van der Waals surface area (Å²) in [5.41, 5.74) is 18.1. The molecule has 0 aliphatic carbocycles. The number of rotatable bonds is 5. The van der Waals surface area contributed by atoms with Crippen LogP contribution < -0.4 is 16.0 Å². The summed E-state index contributed by atoms with van der Waals surface area (Å²) in [5.74, 6) is 0. The second-order valence-electron chi connectivity index (χ2n) is 16.0. The molecular weight excluding hydrogens is 731 g/mol. The summed E-state index contributed by atoms with van der Waals surface area (Å²) in [6.07, 6.45) is 13.2. The maximum Gasteiger partial charge on any atom is 0.0716 e. The van der Waals surface area contributed by atoms with Gasteiger partial charge in [-0.3, -0.25) is 0 Å². The van der Waals surface area contributed by atoms with E-state index in [0.717, 1.165) is 67.8 Å². The Morgan fingerprint density at radius 2 is 1.07 bits per heavy atom. The maximum absolute atomic E-state index is 5.20. The Morgan fingerprint density at radius 3 is 1.85 bits per heavy atom. The number of anilines is 2. The topological polar surface area (TPSA) is 61.9 Å². The molecule has 0 amide bonds. The van der Waals surface area contributed by atoms with Crippen molar-refractivity contribution in [2.45, 2.75) is 18.6 Å². The third-order valence-electron chi connectivity index (χ3n) is 12.3. The van der Waals surface area contributed by atoms with Gasteiger partial charge in [0, 0.05) is 28.4 Å². The van der Waals surface area contributed by atoms with Crippen molar-refractivity contribution in [2.75, 3.05) is 10.6 Å². The molecule has 7 aromatic carbocycles. The Bertz CT molecular complexity index is 3290. The van der Waals surface area contributed by atoms with Gasteiger partial charge in [0.05, 0.1) is 45.9 Å². The molecule has 3 aliphatic heterocycles. The molecule has 0 fully saturated rings. The van der Waals surface area contributed by atoms with E-state index in [0.29, 0.717) is 0 Å². The van der Waals surface area contributed by atoms with E-state index in [-0.39, 0.29) is 12.1 Å². The number of pyridine rings is 2. The first kappa shape index (κ1) is 34.3. The third kappa shape index (κ3) is 6.02. The number of hydrogen-bond acceptors (Lipinski definition) is 5. The summed E-state index contributed by atoms with van der Waals surface area (Å²) >= 11 is 0. The van der Waals surface area contributed by atoms with Crippen molar-refractivity contribution < 1.29 is 0 Å². The van der Waals surface area contributed by atoms with Crippen LogP contribution >= 0.6 is 0 Å². The van der Waals surface area contributed by atoms with Gasteiger partial charge in [-0.25, -0.2) is 9.97 Å². The first-order valence-corrected chi connectivity index (χ1v) is 20.7. The summed E-state index contributed by atoms with van der Waals surface area (Å²) in [6, 6.07) is 56.9. The zero-order valence-corrected chi connectivity index (χ0v) is 32.7. The van der Waals surface area contributed by atoms with Gasteiger partial charge in [0.1, 0.15) is 0 Å². The fraction of sp³-hybridized carbons (Fsp3) is 0.0545. The van der Waals surface area contributed by atoms with Gasteiger partial charge in [0.2, 0.25) is 0 Å². The van der Waals surface area contributed by atoms with Crippen LogP contribution in [-0.4, -0.2) is 9.97 Å². The van der Waals surface area contributed by atoms with Crippen LogP contribution in [0.25, 0.3) is 84.4 Å². The predicted molar refractivity (Wildman–Crippen MR) is 250 cm³/mol. The minimum Gasteiger partial charge on any atom is -0.387 e. The molecule has 3 N–H and O–H groups in total. The van der Waals surface area contributed by atoms with Crippen molar-refractivity contribution in [1.29, 1.82) is 0 Å². The monoisotopic (exact) mass is 769 g/mol. The maximum atomic E-state index is 5.20. The average Bonchev–Trinajstić information content (AvgIpc) is 3.32. The van der Waals surface area contributed by atoms with E-state index in [1.165, 1.54) is 49.7 Å². The lowest BCUT2D eigenvalue weighted by Gasteiger charge is -2.30. The summed E-state index contributed by atoms with van der Waals surface area (Å²) in [5, 5.41) is 15.7. The van der Waals surface area contributed by atoms with Gasteiger partial charge in [-0.1, -0.05) is 146 Å². The summed E-state index contributed by atoms with van der Waals surface area (Å²) in [7, 11) is 0. The largest absolute Gasteiger partial charge is 0.387 e. The molecule has 0 spiro atoms. The standard InChI is InChI=1S/C55H39N5/c1-2-5-34(6-3-1)48-24-21-37-11-12-38-22-25-50(60-55(38)54(37)59-48)43-18-16-39-29-40(14-15-41(39)30-43)42-13-9-35-19-23-49(57-52(35)31-42)44-17-10-36-20-26-51(58-53(36)32-44)47-8-4-7-45-33-56-28-27-46(45)47/h1-32,48,50,56,59-60H,33H2. The minimum atomic E-state index is 0.0569. The minimum absolute atomic E-state index is 0.0569. The highest BCUT2D eigenvalue weighted by Crippen LogP contribution is 2.43. The Kier molecular flexibility index (Phi) is 7.98. The first-order chi connectivity index (χ1) is 29.7. The summed E-state index contributed by atoms with van der Waals surface area (Å²) in [6.45, 7) is 0.829.